The molecule has 0 N–H and O–H groups in total. The van der Waals surface area contributed by atoms with Gasteiger partial charge in [0, 0.05) is 21.2 Å². The summed E-state index contributed by atoms with van der Waals surface area (Å²) in [7, 11) is 0. The lowest BCUT2D eigenvalue weighted by molar-refractivity contribution is 0.637. The maximum atomic E-state index is 14.0. The Balaban J connectivity index is 2.33. The SMILES string of the molecule is Fc1cccc2c1nc(CCCl)n2-c1ccc(Br)cc1Br. The van der Waals surface area contributed by atoms with Gasteiger partial charge in [0.1, 0.15) is 11.3 Å². The molecule has 2 aromatic carbocycles. The zero-order chi connectivity index (χ0) is 15.0. The molecular weight excluding hydrogens is 422 g/mol. The largest absolute Gasteiger partial charge is 0.295 e. The number of benzene rings is 2. The first-order chi connectivity index (χ1) is 10.1. The maximum Gasteiger partial charge on any atom is 0.151 e. The minimum Gasteiger partial charge on any atom is -0.295 e. The smallest absolute Gasteiger partial charge is 0.151 e. The summed E-state index contributed by atoms with van der Waals surface area (Å²) in [6.07, 6.45) is 0.568. The normalized spacial score (nSPS) is 11.2. The van der Waals surface area contributed by atoms with Gasteiger partial charge in [-0.15, -0.1) is 11.6 Å². The summed E-state index contributed by atoms with van der Waals surface area (Å²) >= 11 is 12.8. The average molecular weight is 433 g/mol. The first-order valence-electron chi connectivity index (χ1n) is 6.29. The van der Waals surface area contributed by atoms with Crippen LogP contribution in [0.2, 0.25) is 0 Å². The van der Waals surface area contributed by atoms with Gasteiger partial charge in [-0.25, -0.2) is 9.37 Å². The molecule has 6 heteroatoms. The standard InChI is InChI=1S/C15H10Br2ClFN2/c16-9-4-5-12(10(17)8-9)21-13-3-1-2-11(19)15(13)20-14(21)6-7-18/h1-5,8H,6-7H2. The number of imidazole rings is 1. The van der Waals surface area contributed by atoms with Gasteiger partial charge in [-0.1, -0.05) is 22.0 Å². The molecule has 0 aliphatic carbocycles. The fourth-order valence-corrected chi connectivity index (χ4v) is 3.69. The van der Waals surface area contributed by atoms with Crippen molar-refractivity contribution in [2.75, 3.05) is 5.88 Å². The molecule has 108 valence electrons. The number of nitrogens with zero attached hydrogens (tertiary/aromatic N) is 2. The molecule has 0 radical (unpaired) electrons. The Kier molecular flexibility index (Phi) is 4.33. The average Bonchev–Trinajstić information content (AvgIpc) is 2.79. The molecule has 1 heterocycles. The van der Waals surface area contributed by atoms with Crippen molar-refractivity contribution in [3.63, 3.8) is 0 Å². The Labute approximate surface area is 143 Å². The molecule has 0 atom stereocenters. The van der Waals surface area contributed by atoms with Crippen molar-refractivity contribution in [3.05, 3.63) is 57.0 Å². The number of para-hydroxylation sites is 1. The predicted molar refractivity (Wildman–Crippen MR) is 90.9 cm³/mol. The molecule has 0 spiro atoms. The van der Waals surface area contributed by atoms with Gasteiger partial charge < -0.3 is 0 Å². The van der Waals surface area contributed by atoms with E-state index in [4.69, 9.17) is 11.6 Å². The van der Waals surface area contributed by atoms with Gasteiger partial charge in [-0.05, 0) is 46.3 Å². The van der Waals surface area contributed by atoms with Crippen LogP contribution in [0.3, 0.4) is 0 Å². The molecule has 3 rings (SSSR count). The van der Waals surface area contributed by atoms with E-state index in [9.17, 15) is 4.39 Å². The van der Waals surface area contributed by atoms with Gasteiger partial charge in [0.05, 0.1) is 11.2 Å². The van der Waals surface area contributed by atoms with Crippen LogP contribution in [-0.2, 0) is 6.42 Å². The molecule has 0 saturated heterocycles. The lowest BCUT2D eigenvalue weighted by atomic mass is 10.2. The van der Waals surface area contributed by atoms with E-state index in [1.54, 1.807) is 6.07 Å². The highest BCUT2D eigenvalue weighted by Crippen LogP contribution is 2.30. The van der Waals surface area contributed by atoms with Crippen LogP contribution >= 0.6 is 43.5 Å². The maximum absolute atomic E-state index is 14.0. The number of halogens is 4. The highest BCUT2D eigenvalue weighted by molar-refractivity contribution is 9.11. The summed E-state index contributed by atoms with van der Waals surface area (Å²) in [6.45, 7) is 0. The lowest BCUT2D eigenvalue weighted by Gasteiger charge is -2.11. The van der Waals surface area contributed by atoms with Gasteiger partial charge in [0.15, 0.2) is 5.82 Å². The van der Waals surface area contributed by atoms with Crippen molar-refractivity contribution in [1.82, 2.24) is 9.55 Å². The van der Waals surface area contributed by atoms with Crippen molar-refractivity contribution in [3.8, 4) is 5.69 Å². The first-order valence-corrected chi connectivity index (χ1v) is 8.41. The Morgan fingerprint density at radius 2 is 2.00 bits per heavy atom. The van der Waals surface area contributed by atoms with Crippen molar-refractivity contribution in [2.45, 2.75) is 6.42 Å². The molecule has 0 amide bonds. The van der Waals surface area contributed by atoms with Gasteiger partial charge in [0.2, 0.25) is 0 Å². The first kappa shape index (κ1) is 15.0. The molecule has 0 unspecified atom stereocenters. The lowest BCUT2D eigenvalue weighted by Crippen LogP contribution is -2.03. The van der Waals surface area contributed by atoms with Crippen LogP contribution in [0.15, 0.2) is 45.3 Å². The molecular formula is C15H10Br2ClFN2. The second-order valence-corrected chi connectivity index (χ2v) is 6.65. The van der Waals surface area contributed by atoms with Crippen molar-refractivity contribution in [1.29, 1.82) is 0 Å². The summed E-state index contributed by atoms with van der Waals surface area (Å²) in [5.74, 6) is 0.849. The van der Waals surface area contributed by atoms with Gasteiger partial charge in [-0.2, -0.15) is 0 Å². The summed E-state index contributed by atoms with van der Waals surface area (Å²) in [5.41, 5.74) is 2.01. The quantitative estimate of drug-likeness (QED) is 0.502. The van der Waals surface area contributed by atoms with E-state index in [0.29, 0.717) is 17.8 Å². The highest BCUT2D eigenvalue weighted by atomic mass is 79.9. The van der Waals surface area contributed by atoms with Crippen LogP contribution in [0.1, 0.15) is 5.82 Å². The molecule has 0 saturated carbocycles. The molecule has 0 fully saturated rings. The minimum absolute atomic E-state index is 0.324. The molecule has 0 aliphatic rings. The van der Waals surface area contributed by atoms with Crippen LogP contribution in [0.5, 0.6) is 0 Å². The number of aryl methyl sites for hydroxylation is 1. The molecule has 21 heavy (non-hydrogen) atoms. The summed E-state index contributed by atoms with van der Waals surface area (Å²) in [5, 5.41) is 0. The Hall–Kier alpha value is -0.910. The second-order valence-electron chi connectivity index (χ2n) is 4.51. The molecule has 2 nitrogen and oxygen atoms in total. The number of hydrogen-bond acceptors (Lipinski definition) is 1. The van der Waals surface area contributed by atoms with E-state index >= 15 is 0 Å². The van der Waals surface area contributed by atoms with E-state index in [1.165, 1.54) is 6.07 Å². The van der Waals surface area contributed by atoms with Crippen molar-refractivity contribution < 1.29 is 4.39 Å². The van der Waals surface area contributed by atoms with Crippen molar-refractivity contribution >= 4 is 54.5 Å². The van der Waals surface area contributed by atoms with Crippen LogP contribution < -0.4 is 0 Å². The fourth-order valence-electron chi connectivity index (χ4n) is 2.30. The van der Waals surface area contributed by atoms with E-state index in [0.717, 1.165) is 26.0 Å². The van der Waals surface area contributed by atoms with Gasteiger partial charge >= 0.3 is 0 Å². The van der Waals surface area contributed by atoms with Crippen LogP contribution in [-0.4, -0.2) is 15.4 Å². The molecule has 0 aliphatic heterocycles. The topological polar surface area (TPSA) is 17.8 Å². The third-order valence-electron chi connectivity index (χ3n) is 3.17. The van der Waals surface area contributed by atoms with Crippen LogP contribution in [0.4, 0.5) is 4.39 Å². The van der Waals surface area contributed by atoms with Crippen molar-refractivity contribution in [2.24, 2.45) is 0 Å². The third kappa shape index (κ3) is 2.74. The molecule has 0 bridgehead atoms. The number of alkyl halides is 1. The zero-order valence-electron chi connectivity index (χ0n) is 10.8. The minimum atomic E-state index is -0.324. The summed E-state index contributed by atoms with van der Waals surface area (Å²) in [4.78, 5) is 4.41. The number of fused-ring (bicyclic) bond motifs is 1. The second kappa shape index (κ2) is 6.07. The number of hydrogen-bond donors (Lipinski definition) is 0. The Morgan fingerprint density at radius 3 is 2.71 bits per heavy atom. The van der Waals surface area contributed by atoms with Crippen LogP contribution in [0, 0.1) is 5.82 Å². The van der Waals surface area contributed by atoms with E-state index in [1.807, 2.05) is 28.8 Å². The number of rotatable bonds is 3. The van der Waals surface area contributed by atoms with Gasteiger partial charge in [-0.3, -0.25) is 4.57 Å². The van der Waals surface area contributed by atoms with E-state index < -0.39 is 0 Å². The van der Waals surface area contributed by atoms with E-state index in [2.05, 4.69) is 36.8 Å². The number of aromatic nitrogens is 2. The third-order valence-corrected chi connectivity index (χ3v) is 4.49. The fraction of sp³-hybridized carbons (Fsp3) is 0.133. The Bertz CT molecular complexity index is 817. The molecule has 1 aromatic heterocycles. The zero-order valence-corrected chi connectivity index (χ0v) is 14.7. The monoisotopic (exact) mass is 430 g/mol. The predicted octanol–water partition coefficient (Wildman–Crippen LogP) is 5.47. The highest BCUT2D eigenvalue weighted by Gasteiger charge is 2.16. The molecule has 3 aromatic rings. The summed E-state index contributed by atoms with van der Waals surface area (Å²) < 4.78 is 17.8. The Morgan fingerprint density at radius 1 is 1.19 bits per heavy atom. The van der Waals surface area contributed by atoms with Gasteiger partial charge in [0.25, 0.3) is 0 Å². The van der Waals surface area contributed by atoms with Crippen LogP contribution in [0.25, 0.3) is 16.7 Å². The van der Waals surface area contributed by atoms with E-state index in [-0.39, 0.29) is 5.82 Å². The summed E-state index contributed by atoms with van der Waals surface area (Å²) in [6, 6.07) is 10.8.